The third-order valence-electron chi connectivity index (χ3n) is 3.48. The minimum absolute atomic E-state index is 0.0618. The van der Waals surface area contributed by atoms with E-state index < -0.39 is 10.9 Å². The van der Waals surface area contributed by atoms with E-state index in [9.17, 15) is 14.9 Å². The number of hydrogen-bond acceptors (Lipinski definition) is 7. The minimum Gasteiger partial charge on any atom is -0.497 e. The molecule has 9 heteroatoms. The number of rotatable bonds is 8. The van der Waals surface area contributed by atoms with Gasteiger partial charge in [-0.3, -0.25) is 19.6 Å². The molecule has 134 valence electrons. The fourth-order valence-electron chi connectivity index (χ4n) is 2.26. The summed E-state index contributed by atoms with van der Waals surface area (Å²) in [6.07, 6.45) is 0. The molecule has 2 rings (SSSR count). The zero-order chi connectivity index (χ0) is 18.4. The molecule has 2 aromatic rings. The summed E-state index contributed by atoms with van der Waals surface area (Å²) in [5, 5.41) is 14.9. The summed E-state index contributed by atoms with van der Waals surface area (Å²) in [7, 11) is 1.58. The number of nitrogens with zero attached hydrogens (tertiary/aromatic N) is 3. The molecule has 0 aliphatic carbocycles. The lowest BCUT2D eigenvalue weighted by Crippen LogP contribution is -2.18. The highest BCUT2D eigenvalue weighted by molar-refractivity contribution is 5.69. The van der Waals surface area contributed by atoms with Crippen LogP contribution in [0.2, 0.25) is 0 Å². The van der Waals surface area contributed by atoms with Crippen molar-refractivity contribution in [1.82, 2.24) is 9.78 Å². The van der Waals surface area contributed by atoms with Crippen LogP contribution < -0.4 is 9.47 Å². The van der Waals surface area contributed by atoms with Crippen LogP contribution in [0.5, 0.6) is 11.5 Å². The van der Waals surface area contributed by atoms with Gasteiger partial charge >= 0.3 is 11.7 Å². The molecule has 0 amide bonds. The normalized spacial score (nSPS) is 10.4. The summed E-state index contributed by atoms with van der Waals surface area (Å²) in [5.74, 6) is 0.808. The molecule has 0 saturated carbocycles. The third-order valence-corrected chi connectivity index (χ3v) is 3.48. The number of carbonyl (C=O) groups is 1. The Morgan fingerprint density at radius 2 is 1.84 bits per heavy atom. The first-order chi connectivity index (χ1) is 11.9. The highest BCUT2D eigenvalue weighted by Gasteiger charge is 2.22. The number of hydrogen-bond donors (Lipinski definition) is 0. The second kappa shape index (κ2) is 8.13. The average molecular weight is 349 g/mol. The predicted octanol–water partition coefficient (Wildman–Crippen LogP) is 2.04. The van der Waals surface area contributed by atoms with Crippen molar-refractivity contribution in [3.8, 4) is 11.5 Å². The molecule has 0 bridgehead atoms. The quantitative estimate of drug-likeness (QED) is 0.311. The molecule has 0 N–H and O–H groups in total. The second-order valence-electron chi connectivity index (χ2n) is 5.18. The predicted molar refractivity (Wildman–Crippen MR) is 87.8 cm³/mol. The molecule has 1 aromatic carbocycles. The molecule has 25 heavy (non-hydrogen) atoms. The molecule has 9 nitrogen and oxygen atoms in total. The smallest absolute Gasteiger partial charge is 0.327 e. The Morgan fingerprint density at radius 3 is 2.40 bits per heavy atom. The Labute approximate surface area is 144 Å². The number of nitro groups is 1. The van der Waals surface area contributed by atoms with Gasteiger partial charge in [0, 0.05) is 0 Å². The van der Waals surface area contributed by atoms with Crippen LogP contribution in [0.3, 0.4) is 0 Å². The van der Waals surface area contributed by atoms with Crippen molar-refractivity contribution in [2.75, 3.05) is 20.3 Å². The fourth-order valence-corrected chi connectivity index (χ4v) is 2.26. The number of aryl methyl sites for hydroxylation is 1. The molecule has 0 fully saturated rings. The van der Waals surface area contributed by atoms with Gasteiger partial charge in [0.2, 0.25) is 0 Å². The Morgan fingerprint density at radius 1 is 1.20 bits per heavy atom. The van der Waals surface area contributed by atoms with Crippen molar-refractivity contribution in [3.63, 3.8) is 0 Å². The van der Waals surface area contributed by atoms with Crippen LogP contribution in [0.25, 0.3) is 0 Å². The van der Waals surface area contributed by atoms with Crippen molar-refractivity contribution >= 4 is 11.7 Å². The lowest BCUT2D eigenvalue weighted by atomic mass is 10.3. The Kier molecular flexibility index (Phi) is 5.93. The van der Waals surface area contributed by atoms with E-state index in [1.54, 1.807) is 31.4 Å². The highest BCUT2D eigenvalue weighted by Crippen LogP contribution is 2.21. The van der Waals surface area contributed by atoms with Gasteiger partial charge in [-0.05, 0) is 38.1 Å². The van der Waals surface area contributed by atoms with E-state index >= 15 is 0 Å². The molecule has 0 radical (unpaired) electrons. The lowest BCUT2D eigenvalue weighted by molar-refractivity contribution is -0.386. The molecule has 0 unspecified atom stereocenters. The summed E-state index contributed by atoms with van der Waals surface area (Å²) in [5.41, 5.74) is 0.489. The maximum absolute atomic E-state index is 11.8. The van der Waals surface area contributed by atoms with E-state index in [0.717, 1.165) is 5.75 Å². The van der Waals surface area contributed by atoms with Crippen LogP contribution in [0.15, 0.2) is 24.3 Å². The van der Waals surface area contributed by atoms with Crippen molar-refractivity contribution in [3.05, 3.63) is 45.8 Å². The standard InChI is InChI=1S/C16H19N3O6/c1-11-16(19(21)22)12(2)18(17-11)10-15(20)25-9-8-24-14-6-4-13(23-3)5-7-14/h4-7H,8-10H2,1-3H3. The zero-order valence-corrected chi connectivity index (χ0v) is 14.2. The lowest BCUT2D eigenvalue weighted by Gasteiger charge is -2.08. The Balaban J connectivity index is 1.79. The first-order valence-electron chi connectivity index (χ1n) is 7.53. The third kappa shape index (κ3) is 4.69. The second-order valence-corrected chi connectivity index (χ2v) is 5.18. The number of methoxy groups -OCH3 is 1. The Hall–Kier alpha value is -3.10. The van der Waals surface area contributed by atoms with Crippen LogP contribution in [0.1, 0.15) is 11.4 Å². The maximum Gasteiger partial charge on any atom is 0.327 e. The fraction of sp³-hybridized carbons (Fsp3) is 0.375. The highest BCUT2D eigenvalue weighted by atomic mass is 16.6. The van der Waals surface area contributed by atoms with Gasteiger partial charge in [0.1, 0.15) is 42.6 Å². The average Bonchev–Trinajstić information content (AvgIpc) is 2.86. The molecule has 1 aromatic heterocycles. The van der Waals surface area contributed by atoms with Gasteiger partial charge in [-0.1, -0.05) is 0 Å². The molecular formula is C16H19N3O6. The van der Waals surface area contributed by atoms with Crippen molar-refractivity contribution in [1.29, 1.82) is 0 Å². The minimum atomic E-state index is -0.543. The molecule has 0 spiro atoms. The summed E-state index contributed by atoms with van der Waals surface area (Å²) in [4.78, 5) is 22.3. The number of esters is 1. The van der Waals surface area contributed by atoms with Crippen molar-refractivity contribution < 1.29 is 23.9 Å². The van der Waals surface area contributed by atoms with Crippen molar-refractivity contribution in [2.45, 2.75) is 20.4 Å². The van der Waals surface area contributed by atoms with Gasteiger partial charge in [-0.15, -0.1) is 0 Å². The van der Waals surface area contributed by atoms with E-state index in [1.165, 1.54) is 18.5 Å². The van der Waals surface area contributed by atoms with Gasteiger partial charge in [-0.25, -0.2) is 0 Å². The summed E-state index contributed by atoms with van der Waals surface area (Å²) >= 11 is 0. The van der Waals surface area contributed by atoms with Crippen LogP contribution in [0, 0.1) is 24.0 Å². The molecular weight excluding hydrogens is 330 g/mol. The topological polar surface area (TPSA) is 106 Å². The number of benzene rings is 1. The van der Waals surface area contributed by atoms with Gasteiger partial charge in [-0.2, -0.15) is 5.10 Å². The first kappa shape index (κ1) is 18.2. The van der Waals surface area contributed by atoms with E-state index in [2.05, 4.69) is 5.10 Å². The van der Waals surface area contributed by atoms with Crippen LogP contribution >= 0.6 is 0 Å². The van der Waals surface area contributed by atoms with Crippen LogP contribution in [-0.2, 0) is 16.1 Å². The monoisotopic (exact) mass is 349 g/mol. The molecule has 0 aliphatic rings. The molecule has 0 aliphatic heterocycles. The SMILES string of the molecule is COc1ccc(OCCOC(=O)Cn2nc(C)c([N+](=O)[O-])c2C)cc1. The van der Waals surface area contributed by atoms with Crippen LogP contribution in [0.4, 0.5) is 5.69 Å². The van der Waals surface area contributed by atoms with Gasteiger partial charge in [0.15, 0.2) is 0 Å². The van der Waals surface area contributed by atoms with Gasteiger partial charge in [0.05, 0.1) is 12.0 Å². The Bertz CT molecular complexity index is 754. The van der Waals surface area contributed by atoms with Gasteiger partial charge in [0.25, 0.3) is 0 Å². The molecule has 0 atom stereocenters. The summed E-state index contributed by atoms with van der Waals surface area (Å²) in [6, 6.07) is 7.01. The summed E-state index contributed by atoms with van der Waals surface area (Å²) in [6.45, 7) is 3.12. The van der Waals surface area contributed by atoms with E-state index in [4.69, 9.17) is 14.2 Å². The first-order valence-corrected chi connectivity index (χ1v) is 7.53. The summed E-state index contributed by atoms with van der Waals surface area (Å²) < 4.78 is 16.8. The number of carbonyl (C=O) groups excluding carboxylic acids is 1. The van der Waals surface area contributed by atoms with Crippen LogP contribution in [-0.4, -0.2) is 41.0 Å². The van der Waals surface area contributed by atoms with Gasteiger partial charge < -0.3 is 14.2 Å². The number of ether oxygens (including phenoxy) is 3. The maximum atomic E-state index is 11.8. The van der Waals surface area contributed by atoms with Crippen molar-refractivity contribution in [2.24, 2.45) is 0 Å². The largest absolute Gasteiger partial charge is 0.497 e. The molecule has 0 saturated heterocycles. The number of aromatic nitrogens is 2. The zero-order valence-electron chi connectivity index (χ0n) is 14.2. The molecule has 1 heterocycles. The van der Waals surface area contributed by atoms with E-state index in [1.807, 2.05) is 0 Å². The van der Waals surface area contributed by atoms with E-state index in [0.29, 0.717) is 11.4 Å². The van der Waals surface area contributed by atoms with E-state index in [-0.39, 0.29) is 31.1 Å².